The molecule has 2 aromatic carbocycles. The van der Waals surface area contributed by atoms with Crippen LogP contribution in [0.4, 0.5) is 10.1 Å². The van der Waals surface area contributed by atoms with Crippen molar-refractivity contribution in [1.82, 2.24) is 0 Å². The molecule has 104 valence electrons. The Bertz CT molecular complexity index is 606. The Morgan fingerprint density at radius 3 is 2.75 bits per heavy atom. The zero-order valence-electron chi connectivity index (χ0n) is 11.7. The molecule has 3 rings (SSSR count). The molecule has 2 atom stereocenters. The number of halogens is 1. The van der Waals surface area contributed by atoms with Gasteiger partial charge in [0.05, 0.1) is 18.3 Å². The number of nitrogens with one attached hydrogen (secondary N) is 1. The number of fused-ring (bicyclic) bond motifs is 1. The van der Waals surface area contributed by atoms with Gasteiger partial charge in [0.1, 0.15) is 11.6 Å². The molecule has 2 unspecified atom stereocenters. The highest BCUT2D eigenvalue weighted by molar-refractivity contribution is 5.55. The molecule has 2 aromatic rings. The number of para-hydroxylation sites is 2. The zero-order valence-corrected chi connectivity index (χ0v) is 11.7. The lowest BCUT2D eigenvalue weighted by Gasteiger charge is -2.33. The molecule has 0 saturated carbocycles. The van der Waals surface area contributed by atoms with E-state index >= 15 is 0 Å². The summed E-state index contributed by atoms with van der Waals surface area (Å²) in [5, 5.41) is 3.37. The van der Waals surface area contributed by atoms with Gasteiger partial charge in [0, 0.05) is 11.5 Å². The normalized spacial score (nSPS) is 20.9. The van der Waals surface area contributed by atoms with Crippen LogP contribution in [0.1, 0.15) is 24.1 Å². The molecule has 1 N–H and O–H groups in total. The summed E-state index contributed by atoms with van der Waals surface area (Å²) in [7, 11) is 0. The first-order chi connectivity index (χ1) is 9.66. The first-order valence-corrected chi connectivity index (χ1v) is 6.90. The summed E-state index contributed by atoms with van der Waals surface area (Å²) in [5.74, 6) is 0.960. The van der Waals surface area contributed by atoms with Crippen LogP contribution in [0.3, 0.4) is 0 Å². The predicted molar refractivity (Wildman–Crippen MR) is 78.6 cm³/mol. The van der Waals surface area contributed by atoms with Crippen molar-refractivity contribution in [3.8, 4) is 5.75 Å². The molecule has 2 nitrogen and oxygen atoms in total. The minimum Gasteiger partial charge on any atom is -0.493 e. The van der Waals surface area contributed by atoms with Crippen LogP contribution < -0.4 is 10.1 Å². The third kappa shape index (κ3) is 2.24. The second-order valence-electron chi connectivity index (χ2n) is 5.38. The third-order valence-electron chi connectivity index (χ3n) is 3.85. The molecule has 0 amide bonds. The fourth-order valence-electron chi connectivity index (χ4n) is 2.68. The third-order valence-corrected chi connectivity index (χ3v) is 3.85. The van der Waals surface area contributed by atoms with Crippen molar-refractivity contribution < 1.29 is 9.13 Å². The van der Waals surface area contributed by atoms with E-state index in [1.807, 2.05) is 37.3 Å². The van der Waals surface area contributed by atoms with Gasteiger partial charge in [0.2, 0.25) is 0 Å². The Kier molecular flexibility index (Phi) is 3.35. The fraction of sp³-hybridized carbons (Fsp3) is 0.294. The molecule has 0 saturated heterocycles. The minimum atomic E-state index is -0.207. The van der Waals surface area contributed by atoms with Crippen LogP contribution in [0.5, 0.6) is 5.75 Å². The van der Waals surface area contributed by atoms with Crippen molar-refractivity contribution in [2.75, 3.05) is 11.9 Å². The van der Waals surface area contributed by atoms with Crippen molar-refractivity contribution >= 4 is 5.69 Å². The molecule has 0 aromatic heterocycles. The molecule has 1 aliphatic rings. The summed E-state index contributed by atoms with van der Waals surface area (Å²) in [6.45, 7) is 4.67. The zero-order chi connectivity index (χ0) is 14.1. The average Bonchev–Trinajstić information content (AvgIpc) is 2.45. The number of aryl methyl sites for hydroxylation is 1. The van der Waals surface area contributed by atoms with E-state index in [1.165, 1.54) is 6.07 Å². The van der Waals surface area contributed by atoms with Crippen molar-refractivity contribution in [3.05, 3.63) is 59.4 Å². The fourth-order valence-corrected chi connectivity index (χ4v) is 2.68. The van der Waals surface area contributed by atoms with Crippen molar-refractivity contribution in [3.63, 3.8) is 0 Å². The van der Waals surface area contributed by atoms with Gasteiger partial charge in [-0.2, -0.15) is 0 Å². The number of anilines is 1. The number of rotatable bonds is 2. The lowest BCUT2D eigenvalue weighted by atomic mass is 9.91. The Hall–Kier alpha value is -2.03. The first-order valence-electron chi connectivity index (χ1n) is 6.90. The summed E-state index contributed by atoms with van der Waals surface area (Å²) in [5.41, 5.74) is 2.59. The number of hydrogen-bond acceptors (Lipinski definition) is 2. The van der Waals surface area contributed by atoms with Crippen molar-refractivity contribution in [2.24, 2.45) is 5.92 Å². The molecular formula is C17H18FNO. The van der Waals surface area contributed by atoms with E-state index in [2.05, 4.69) is 12.2 Å². The van der Waals surface area contributed by atoms with E-state index < -0.39 is 0 Å². The Morgan fingerprint density at radius 2 is 1.95 bits per heavy atom. The van der Waals surface area contributed by atoms with E-state index in [0.717, 1.165) is 16.9 Å². The largest absolute Gasteiger partial charge is 0.493 e. The summed E-state index contributed by atoms with van der Waals surface area (Å²) in [6.07, 6.45) is 0. The molecule has 0 spiro atoms. The van der Waals surface area contributed by atoms with Crippen LogP contribution in [-0.4, -0.2) is 6.61 Å². The second-order valence-corrected chi connectivity index (χ2v) is 5.38. The molecule has 20 heavy (non-hydrogen) atoms. The smallest absolute Gasteiger partial charge is 0.146 e. The van der Waals surface area contributed by atoms with Gasteiger partial charge in [0.15, 0.2) is 0 Å². The standard InChI is InChI=1S/C17H18FNO/c1-11-6-5-8-14(18)17(11)19-16-12(2)10-20-15-9-4-3-7-13(15)16/h3-9,12,16,19H,10H2,1-2H3. The number of benzene rings is 2. The van der Waals surface area contributed by atoms with E-state index in [1.54, 1.807) is 6.07 Å². The number of hydrogen-bond donors (Lipinski definition) is 1. The maximum absolute atomic E-state index is 14.0. The molecule has 0 bridgehead atoms. The highest BCUT2D eigenvalue weighted by Gasteiger charge is 2.28. The monoisotopic (exact) mass is 271 g/mol. The predicted octanol–water partition coefficient (Wildman–Crippen LogP) is 4.32. The van der Waals surface area contributed by atoms with Gasteiger partial charge in [0.25, 0.3) is 0 Å². The summed E-state index contributed by atoms with van der Waals surface area (Å²) in [4.78, 5) is 0. The van der Waals surface area contributed by atoms with Gasteiger partial charge in [-0.05, 0) is 24.6 Å². The molecule has 1 aliphatic heterocycles. The van der Waals surface area contributed by atoms with Crippen LogP contribution in [0, 0.1) is 18.7 Å². The van der Waals surface area contributed by atoms with Crippen LogP contribution in [0.2, 0.25) is 0 Å². The van der Waals surface area contributed by atoms with E-state index in [0.29, 0.717) is 12.3 Å². The second kappa shape index (κ2) is 5.16. The first kappa shape index (κ1) is 13.0. The Labute approximate surface area is 118 Å². The highest BCUT2D eigenvalue weighted by Crippen LogP contribution is 2.38. The molecule has 3 heteroatoms. The van der Waals surface area contributed by atoms with E-state index in [4.69, 9.17) is 4.74 Å². The molecular weight excluding hydrogens is 253 g/mol. The van der Waals surface area contributed by atoms with Crippen molar-refractivity contribution in [2.45, 2.75) is 19.9 Å². The van der Waals surface area contributed by atoms with E-state index in [-0.39, 0.29) is 17.8 Å². The molecule has 0 radical (unpaired) electrons. The van der Waals surface area contributed by atoms with Crippen molar-refractivity contribution in [1.29, 1.82) is 0 Å². The van der Waals surface area contributed by atoms with Gasteiger partial charge in [-0.3, -0.25) is 0 Å². The van der Waals surface area contributed by atoms with Crippen LogP contribution in [-0.2, 0) is 0 Å². The van der Waals surface area contributed by atoms with Gasteiger partial charge < -0.3 is 10.1 Å². The summed E-state index contributed by atoms with van der Waals surface area (Å²) >= 11 is 0. The lowest BCUT2D eigenvalue weighted by Crippen LogP contribution is -2.29. The van der Waals surface area contributed by atoms with Crippen LogP contribution in [0.15, 0.2) is 42.5 Å². The Morgan fingerprint density at radius 1 is 1.15 bits per heavy atom. The SMILES string of the molecule is Cc1cccc(F)c1NC1c2ccccc2OCC1C. The lowest BCUT2D eigenvalue weighted by molar-refractivity contribution is 0.214. The topological polar surface area (TPSA) is 21.3 Å². The van der Waals surface area contributed by atoms with Crippen LogP contribution >= 0.6 is 0 Å². The summed E-state index contributed by atoms with van der Waals surface area (Å²) in [6, 6.07) is 13.2. The average molecular weight is 271 g/mol. The maximum atomic E-state index is 14.0. The van der Waals surface area contributed by atoms with Gasteiger partial charge >= 0.3 is 0 Å². The highest BCUT2D eigenvalue weighted by atomic mass is 19.1. The van der Waals surface area contributed by atoms with Gasteiger partial charge in [-0.25, -0.2) is 4.39 Å². The Balaban J connectivity index is 1.98. The minimum absolute atomic E-state index is 0.0653. The summed E-state index contributed by atoms with van der Waals surface area (Å²) < 4.78 is 19.7. The maximum Gasteiger partial charge on any atom is 0.146 e. The number of ether oxygens (including phenoxy) is 1. The van der Waals surface area contributed by atoms with E-state index in [9.17, 15) is 4.39 Å². The van der Waals surface area contributed by atoms with Crippen LogP contribution in [0.25, 0.3) is 0 Å². The molecule has 1 heterocycles. The van der Waals surface area contributed by atoms with Gasteiger partial charge in [-0.15, -0.1) is 0 Å². The quantitative estimate of drug-likeness (QED) is 0.878. The molecule has 0 aliphatic carbocycles. The van der Waals surface area contributed by atoms with Gasteiger partial charge in [-0.1, -0.05) is 37.3 Å². The molecule has 0 fully saturated rings.